The van der Waals surface area contributed by atoms with E-state index in [1.807, 2.05) is 0 Å². The van der Waals surface area contributed by atoms with Crippen molar-refractivity contribution in [1.82, 2.24) is 0 Å². The van der Waals surface area contributed by atoms with Gasteiger partial charge in [-0.15, -0.1) is 0 Å². The Labute approximate surface area is 83.3 Å². The van der Waals surface area contributed by atoms with Crippen LogP contribution in [0.1, 0.15) is 12.8 Å². The molecule has 0 aromatic heterocycles. The van der Waals surface area contributed by atoms with Crippen LogP contribution in [0.2, 0.25) is 0 Å². The molecule has 2 N–H and O–H groups in total. The molecule has 0 amide bonds. The number of rotatable bonds is 2. The molecule has 1 aliphatic carbocycles. The third-order valence-electron chi connectivity index (χ3n) is 1.82. The van der Waals surface area contributed by atoms with Crippen molar-refractivity contribution in [3.05, 3.63) is 0 Å². The van der Waals surface area contributed by atoms with Crippen molar-refractivity contribution >= 4 is 17.7 Å². The Morgan fingerprint density at radius 1 is 1.17 bits per heavy atom. The molecule has 71 valence electrons. The van der Waals surface area contributed by atoms with Crippen LogP contribution in [0.4, 0.5) is 0 Å². The fourth-order valence-electron chi connectivity index (χ4n) is 1.02. The van der Waals surface area contributed by atoms with Gasteiger partial charge in [-0.05, 0) is 0 Å². The Bertz CT molecular complexity index is 222. The average Bonchev–Trinajstić information content (AvgIpc) is 1.78. The molecule has 0 aromatic rings. The first kappa shape index (κ1) is 11.4. The number of carbonyl (C=O) groups is 3. The van der Waals surface area contributed by atoms with E-state index in [0.29, 0.717) is 0 Å². The molecule has 1 saturated carbocycles. The quantitative estimate of drug-likeness (QED) is 0.519. The molecule has 6 heteroatoms. The molecule has 0 atom stereocenters. The summed E-state index contributed by atoms with van der Waals surface area (Å²) in [5.74, 6) is -3.16. The molecule has 0 aliphatic heterocycles. The number of carboxylic acid groups (broad SMARTS) is 2. The Kier molecular flexibility index (Phi) is 3.20. The fourth-order valence-corrected chi connectivity index (χ4v) is 1.02. The molecule has 1 fully saturated rings. The maximum Gasteiger partial charge on any atom is 0.321 e. The molecule has 0 unspecified atom stereocenters. The average molecular weight is 266 g/mol. The Morgan fingerprint density at radius 2 is 1.50 bits per heavy atom. The number of Topliss-reactive ketones (excluding diaryl/α,β-unsaturated/α-hetero) is 1. The monoisotopic (exact) mass is 265 g/mol. The summed E-state index contributed by atoms with van der Waals surface area (Å²) in [6, 6.07) is 0. The van der Waals surface area contributed by atoms with Crippen LogP contribution in [0.5, 0.6) is 0 Å². The second-order valence-corrected chi connectivity index (χ2v) is 2.58. The second kappa shape index (κ2) is 3.38. The van der Waals surface area contributed by atoms with Crippen molar-refractivity contribution < 1.29 is 47.0 Å². The van der Waals surface area contributed by atoms with Gasteiger partial charge in [-0.3, -0.25) is 14.4 Å². The summed E-state index contributed by atoms with van der Waals surface area (Å²) < 4.78 is 0. The molecule has 1 radical (unpaired) electrons. The van der Waals surface area contributed by atoms with Crippen molar-refractivity contribution in [2.24, 2.45) is 5.41 Å². The van der Waals surface area contributed by atoms with E-state index >= 15 is 0 Å². The first-order valence-electron chi connectivity index (χ1n) is 2.97. The standard InChI is InChI=1S/C6H6O5.Ag/c7-3-1-6(2-3,4(8)9)5(10)11;/h1-2H2,(H,8,9)(H,10,11);. The van der Waals surface area contributed by atoms with Crippen LogP contribution < -0.4 is 0 Å². The summed E-state index contributed by atoms with van der Waals surface area (Å²) in [6.07, 6.45) is -0.755. The first-order valence-corrected chi connectivity index (χ1v) is 2.97. The fraction of sp³-hybridized carbons (Fsp3) is 0.500. The van der Waals surface area contributed by atoms with Gasteiger partial charge >= 0.3 is 11.9 Å². The normalized spacial score (nSPS) is 18.8. The predicted molar refractivity (Wildman–Crippen MR) is 31.9 cm³/mol. The molecule has 0 spiro atoms. The summed E-state index contributed by atoms with van der Waals surface area (Å²) in [4.78, 5) is 31.1. The molecule has 0 heterocycles. The van der Waals surface area contributed by atoms with Crippen molar-refractivity contribution in [2.45, 2.75) is 12.8 Å². The van der Waals surface area contributed by atoms with Crippen LogP contribution in [-0.2, 0) is 36.8 Å². The van der Waals surface area contributed by atoms with E-state index < -0.39 is 17.4 Å². The molecule has 0 bridgehead atoms. The Morgan fingerprint density at radius 3 is 1.58 bits per heavy atom. The molecule has 0 aromatic carbocycles. The summed E-state index contributed by atoms with van der Waals surface area (Å²) >= 11 is 0. The van der Waals surface area contributed by atoms with E-state index in [4.69, 9.17) is 10.2 Å². The Balaban J connectivity index is 0.00000121. The summed E-state index contributed by atoms with van der Waals surface area (Å²) in [6.45, 7) is 0. The van der Waals surface area contributed by atoms with E-state index in [9.17, 15) is 14.4 Å². The minimum Gasteiger partial charge on any atom is -0.480 e. The van der Waals surface area contributed by atoms with Crippen LogP contribution in [0.25, 0.3) is 0 Å². The van der Waals surface area contributed by atoms with Crippen molar-refractivity contribution in [3.8, 4) is 0 Å². The van der Waals surface area contributed by atoms with Gasteiger partial charge in [0.2, 0.25) is 0 Å². The van der Waals surface area contributed by atoms with Gasteiger partial charge in [-0.25, -0.2) is 0 Å². The summed E-state index contributed by atoms with van der Waals surface area (Å²) in [5.41, 5.74) is -1.82. The maximum atomic E-state index is 10.4. The molecular formula is C6H6AgO5. The van der Waals surface area contributed by atoms with E-state index in [2.05, 4.69) is 0 Å². The molecule has 5 nitrogen and oxygen atoms in total. The first-order chi connectivity index (χ1) is 4.99. The van der Waals surface area contributed by atoms with E-state index in [1.165, 1.54) is 0 Å². The third kappa shape index (κ3) is 1.43. The molecule has 1 rings (SSSR count). The minimum absolute atomic E-state index is 0. The second-order valence-electron chi connectivity index (χ2n) is 2.58. The van der Waals surface area contributed by atoms with Crippen LogP contribution in [0.15, 0.2) is 0 Å². The van der Waals surface area contributed by atoms with Crippen LogP contribution in [0.3, 0.4) is 0 Å². The number of carboxylic acids is 2. The van der Waals surface area contributed by atoms with Crippen LogP contribution >= 0.6 is 0 Å². The Hall–Kier alpha value is -0.650. The maximum absolute atomic E-state index is 10.4. The van der Waals surface area contributed by atoms with E-state index in [1.54, 1.807) is 0 Å². The van der Waals surface area contributed by atoms with E-state index in [0.717, 1.165) is 0 Å². The zero-order valence-corrected chi connectivity index (χ0v) is 7.32. The molecule has 1 aliphatic rings. The zero-order chi connectivity index (χ0) is 8.65. The van der Waals surface area contributed by atoms with Gasteiger partial charge in [0.15, 0.2) is 5.41 Å². The summed E-state index contributed by atoms with van der Waals surface area (Å²) in [5, 5.41) is 16.9. The molecule has 0 saturated heterocycles. The van der Waals surface area contributed by atoms with Crippen molar-refractivity contribution in [1.29, 1.82) is 0 Å². The molecular weight excluding hydrogens is 260 g/mol. The number of ketones is 1. The minimum atomic E-state index is -1.82. The number of aliphatic carboxylic acids is 2. The third-order valence-corrected chi connectivity index (χ3v) is 1.82. The van der Waals surface area contributed by atoms with Gasteiger partial charge in [0.1, 0.15) is 5.78 Å². The smallest absolute Gasteiger partial charge is 0.321 e. The van der Waals surface area contributed by atoms with Gasteiger partial charge in [-0.2, -0.15) is 0 Å². The van der Waals surface area contributed by atoms with Gasteiger partial charge in [0, 0.05) is 35.2 Å². The number of carbonyl (C=O) groups excluding carboxylic acids is 1. The van der Waals surface area contributed by atoms with Gasteiger partial charge in [0.25, 0.3) is 0 Å². The van der Waals surface area contributed by atoms with E-state index in [-0.39, 0.29) is 41.0 Å². The SMILES string of the molecule is O=C1CC(C(=O)O)(C(=O)O)C1.[Ag]. The van der Waals surface area contributed by atoms with Crippen molar-refractivity contribution in [2.75, 3.05) is 0 Å². The predicted octanol–water partition coefficient (Wildman–Crippen LogP) is -0.498. The van der Waals surface area contributed by atoms with Gasteiger partial charge < -0.3 is 10.2 Å². The largest absolute Gasteiger partial charge is 0.480 e. The van der Waals surface area contributed by atoms with Crippen molar-refractivity contribution in [3.63, 3.8) is 0 Å². The van der Waals surface area contributed by atoms with Crippen LogP contribution in [0, 0.1) is 5.41 Å². The number of hydrogen-bond donors (Lipinski definition) is 2. The van der Waals surface area contributed by atoms with Gasteiger partial charge in [0.05, 0.1) is 0 Å². The zero-order valence-electron chi connectivity index (χ0n) is 5.83. The topological polar surface area (TPSA) is 91.7 Å². The van der Waals surface area contributed by atoms with Crippen LogP contribution in [-0.4, -0.2) is 27.9 Å². The summed E-state index contributed by atoms with van der Waals surface area (Å²) in [7, 11) is 0. The van der Waals surface area contributed by atoms with Gasteiger partial charge in [-0.1, -0.05) is 0 Å². The molecule has 12 heavy (non-hydrogen) atoms. The number of hydrogen-bond acceptors (Lipinski definition) is 3.